The molecule has 1 aromatic heterocycles. The maximum Gasteiger partial charge on any atom is 0.228 e. The third kappa shape index (κ3) is 2.40. The first-order chi connectivity index (χ1) is 9.17. The van der Waals surface area contributed by atoms with Gasteiger partial charge in [-0.15, -0.1) is 11.3 Å². The Morgan fingerprint density at radius 2 is 2.26 bits per heavy atom. The van der Waals surface area contributed by atoms with Crippen LogP contribution in [0.15, 0.2) is 29.6 Å². The second-order valence-electron chi connectivity index (χ2n) is 4.39. The summed E-state index contributed by atoms with van der Waals surface area (Å²) in [4.78, 5) is 12.7. The van der Waals surface area contributed by atoms with Crippen LogP contribution < -0.4 is 10.1 Å². The Morgan fingerprint density at radius 3 is 3.00 bits per heavy atom. The van der Waals surface area contributed by atoms with Gasteiger partial charge in [-0.05, 0) is 23.3 Å². The molecule has 1 amide bonds. The van der Waals surface area contributed by atoms with Crippen molar-refractivity contribution >= 4 is 38.9 Å². The number of hydrogen-bond donors (Lipinski definition) is 1. The van der Waals surface area contributed by atoms with Gasteiger partial charge in [-0.25, -0.2) is 0 Å². The van der Waals surface area contributed by atoms with Crippen molar-refractivity contribution in [2.24, 2.45) is 0 Å². The lowest BCUT2D eigenvalue weighted by atomic mass is 10.1. The van der Waals surface area contributed by atoms with Crippen molar-refractivity contribution in [2.75, 3.05) is 12.4 Å². The smallest absolute Gasteiger partial charge is 0.228 e. The zero-order chi connectivity index (χ0) is 13.4. The average Bonchev–Trinajstić information content (AvgIpc) is 3.01. The van der Waals surface area contributed by atoms with E-state index in [2.05, 4.69) is 27.3 Å². The van der Waals surface area contributed by atoms with Crippen LogP contribution >= 0.6 is 27.3 Å². The predicted molar refractivity (Wildman–Crippen MR) is 80.4 cm³/mol. The van der Waals surface area contributed by atoms with Gasteiger partial charge >= 0.3 is 0 Å². The van der Waals surface area contributed by atoms with Gasteiger partial charge in [-0.1, -0.05) is 28.1 Å². The zero-order valence-electron chi connectivity index (χ0n) is 10.3. The molecule has 0 aliphatic carbocycles. The number of fused-ring (bicyclic) bond motifs is 1. The Labute approximate surface area is 123 Å². The molecule has 1 unspecified atom stereocenters. The number of carbonyl (C=O) groups excluding carboxylic acids is 1. The van der Waals surface area contributed by atoms with E-state index in [4.69, 9.17) is 4.74 Å². The minimum absolute atomic E-state index is 0.0658. The number of thiophene rings is 1. The van der Waals surface area contributed by atoms with Crippen LogP contribution in [0.3, 0.4) is 0 Å². The van der Waals surface area contributed by atoms with Gasteiger partial charge in [0.05, 0.1) is 18.4 Å². The van der Waals surface area contributed by atoms with E-state index in [9.17, 15) is 4.79 Å². The lowest BCUT2D eigenvalue weighted by Gasteiger charge is -2.09. The summed E-state index contributed by atoms with van der Waals surface area (Å²) in [5.74, 6) is 0.943. The molecule has 0 spiro atoms. The molecular formula is C14H12BrNO2S. The summed E-state index contributed by atoms with van der Waals surface area (Å²) in [5, 5.41) is 4.83. The largest absolute Gasteiger partial charge is 0.496 e. The molecule has 98 valence electrons. The third-order valence-corrected chi connectivity index (χ3v) is 5.43. The highest BCUT2D eigenvalue weighted by Gasteiger charge is 2.20. The molecule has 0 saturated heterocycles. The molecule has 0 fully saturated rings. The van der Waals surface area contributed by atoms with Crippen LogP contribution in [0.1, 0.15) is 20.8 Å². The van der Waals surface area contributed by atoms with Gasteiger partial charge in [0.1, 0.15) is 5.75 Å². The van der Waals surface area contributed by atoms with E-state index in [1.54, 1.807) is 18.4 Å². The number of alkyl halides is 1. The first kappa shape index (κ1) is 12.7. The number of amides is 1. The first-order valence-corrected chi connectivity index (χ1v) is 7.66. The van der Waals surface area contributed by atoms with Crippen LogP contribution in [0.5, 0.6) is 5.75 Å². The monoisotopic (exact) mass is 337 g/mol. The molecule has 1 aliphatic rings. The fourth-order valence-corrected chi connectivity index (χ4v) is 3.74. The standard InChI is InChI=1S/C14H12BrNO2S/c1-18-10-6-12(19-7-10)14(15)8-2-3-11-9(4-8)5-13(17)16-11/h2-4,6-7,14H,5H2,1H3,(H,16,17). The molecule has 1 N–H and O–H groups in total. The molecule has 1 aliphatic heterocycles. The van der Waals surface area contributed by atoms with Crippen molar-refractivity contribution in [3.8, 4) is 5.75 Å². The fourth-order valence-electron chi connectivity index (χ4n) is 2.15. The van der Waals surface area contributed by atoms with Crippen molar-refractivity contribution in [1.29, 1.82) is 0 Å². The Hall–Kier alpha value is -1.33. The average molecular weight is 338 g/mol. The van der Waals surface area contributed by atoms with Gasteiger partial charge in [0.25, 0.3) is 0 Å². The summed E-state index contributed by atoms with van der Waals surface area (Å²) in [7, 11) is 1.67. The zero-order valence-corrected chi connectivity index (χ0v) is 12.7. The van der Waals surface area contributed by atoms with Gasteiger partial charge in [0.15, 0.2) is 0 Å². The Morgan fingerprint density at radius 1 is 1.42 bits per heavy atom. The molecule has 3 rings (SSSR count). The Balaban J connectivity index is 1.90. The molecular weight excluding hydrogens is 326 g/mol. The number of nitrogens with one attached hydrogen (secondary N) is 1. The Bertz CT molecular complexity index is 638. The summed E-state index contributed by atoms with van der Waals surface area (Å²) in [6.07, 6.45) is 0.469. The molecule has 0 radical (unpaired) electrons. The number of anilines is 1. The number of carbonyl (C=O) groups is 1. The highest BCUT2D eigenvalue weighted by molar-refractivity contribution is 9.09. The third-order valence-electron chi connectivity index (χ3n) is 3.13. The van der Waals surface area contributed by atoms with E-state index in [1.807, 2.05) is 23.6 Å². The van der Waals surface area contributed by atoms with Gasteiger partial charge in [-0.2, -0.15) is 0 Å². The summed E-state index contributed by atoms with van der Waals surface area (Å²) >= 11 is 5.37. The fraction of sp³-hybridized carbons (Fsp3) is 0.214. The highest BCUT2D eigenvalue weighted by Crippen LogP contribution is 2.38. The summed E-state index contributed by atoms with van der Waals surface area (Å²) in [6.45, 7) is 0. The van der Waals surface area contributed by atoms with E-state index in [1.165, 1.54) is 4.88 Å². The van der Waals surface area contributed by atoms with Crippen molar-refractivity contribution < 1.29 is 9.53 Å². The van der Waals surface area contributed by atoms with Crippen molar-refractivity contribution in [1.82, 2.24) is 0 Å². The topological polar surface area (TPSA) is 38.3 Å². The Kier molecular flexibility index (Phi) is 3.33. The molecule has 5 heteroatoms. The molecule has 19 heavy (non-hydrogen) atoms. The maximum atomic E-state index is 11.4. The van der Waals surface area contributed by atoms with E-state index >= 15 is 0 Å². The summed E-state index contributed by atoms with van der Waals surface area (Å²) < 4.78 is 5.20. The summed E-state index contributed by atoms with van der Waals surface area (Å²) in [6, 6.07) is 8.12. The van der Waals surface area contributed by atoms with Crippen LogP contribution in [-0.2, 0) is 11.2 Å². The minimum atomic E-state index is 0.0658. The van der Waals surface area contributed by atoms with Crippen molar-refractivity contribution in [3.05, 3.63) is 45.6 Å². The molecule has 0 bridgehead atoms. The van der Waals surface area contributed by atoms with Crippen LogP contribution in [-0.4, -0.2) is 13.0 Å². The van der Waals surface area contributed by atoms with E-state index in [0.717, 1.165) is 22.6 Å². The molecule has 2 heterocycles. The number of ether oxygens (including phenoxy) is 1. The number of benzene rings is 1. The molecule has 0 saturated carbocycles. The second-order valence-corrected chi connectivity index (χ2v) is 6.25. The molecule has 1 atom stereocenters. The lowest BCUT2D eigenvalue weighted by molar-refractivity contribution is -0.115. The normalized spacial score (nSPS) is 14.9. The van der Waals surface area contributed by atoms with Crippen LogP contribution in [0.25, 0.3) is 0 Å². The van der Waals surface area contributed by atoms with Gasteiger partial charge < -0.3 is 10.1 Å². The van der Waals surface area contributed by atoms with Gasteiger partial charge in [0, 0.05) is 15.9 Å². The quantitative estimate of drug-likeness (QED) is 0.866. The van der Waals surface area contributed by atoms with E-state index in [0.29, 0.717) is 6.42 Å². The number of methoxy groups -OCH3 is 1. The highest BCUT2D eigenvalue weighted by atomic mass is 79.9. The molecule has 1 aromatic carbocycles. The number of hydrogen-bond acceptors (Lipinski definition) is 3. The van der Waals surface area contributed by atoms with E-state index in [-0.39, 0.29) is 10.7 Å². The van der Waals surface area contributed by atoms with E-state index < -0.39 is 0 Å². The number of rotatable bonds is 3. The summed E-state index contributed by atoms with van der Waals surface area (Å²) in [5.41, 5.74) is 3.15. The SMILES string of the molecule is COc1csc(C(Br)c2ccc3c(c2)CC(=O)N3)c1. The van der Waals surface area contributed by atoms with Crippen LogP contribution in [0.2, 0.25) is 0 Å². The number of halogens is 1. The van der Waals surface area contributed by atoms with Crippen molar-refractivity contribution in [2.45, 2.75) is 11.2 Å². The molecule has 2 aromatic rings. The second kappa shape index (κ2) is 4.98. The van der Waals surface area contributed by atoms with Crippen molar-refractivity contribution in [3.63, 3.8) is 0 Å². The minimum Gasteiger partial charge on any atom is -0.496 e. The predicted octanol–water partition coefficient (Wildman–Crippen LogP) is 3.74. The van der Waals surface area contributed by atoms with Crippen LogP contribution in [0, 0.1) is 0 Å². The lowest BCUT2D eigenvalue weighted by Crippen LogP contribution is -2.03. The first-order valence-electron chi connectivity index (χ1n) is 5.86. The van der Waals surface area contributed by atoms with Gasteiger partial charge in [-0.3, -0.25) is 4.79 Å². The van der Waals surface area contributed by atoms with Crippen LogP contribution in [0.4, 0.5) is 5.69 Å². The maximum absolute atomic E-state index is 11.4. The molecule has 3 nitrogen and oxygen atoms in total. The van der Waals surface area contributed by atoms with Gasteiger partial charge in [0.2, 0.25) is 5.91 Å².